The lowest BCUT2D eigenvalue weighted by Gasteiger charge is -2.26. The van der Waals surface area contributed by atoms with Crippen molar-refractivity contribution in [2.45, 2.75) is 33.6 Å². The van der Waals surface area contributed by atoms with Gasteiger partial charge >= 0.3 is 0 Å². The van der Waals surface area contributed by atoms with Gasteiger partial charge < -0.3 is 16.0 Å². The van der Waals surface area contributed by atoms with E-state index in [1.807, 2.05) is 6.92 Å². The zero-order valence-electron chi connectivity index (χ0n) is 14.6. The SMILES string of the molecule is Cc1cc(C)c(N2CCCC2)c(C)c1NC(=O)c1ccc(N)cc1. The van der Waals surface area contributed by atoms with E-state index in [9.17, 15) is 4.79 Å². The smallest absolute Gasteiger partial charge is 0.255 e. The third-order valence-electron chi connectivity index (χ3n) is 4.76. The van der Waals surface area contributed by atoms with Gasteiger partial charge in [-0.25, -0.2) is 0 Å². The molecule has 3 rings (SSSR count). The minimum Gasteiger partial charge on any atom is -0.399 e. The van der Waals surface area contributed by atoms with Gasteiger partial charge in [-0.1, -0.05) is 6.07 Å². The number of nitrogen functional groups attached to an aromatic ring is 1. The lowest BCUT2D eigenvalue weighted by Crippen LogP contribution is -2.22. The molecule has 24 heavy (non-hydrogen) atoms. The quantitative estimate of drug-likeness (QED) is 0.838. The number of anilines is 3. The van der Waals surface area contributed by atoms with E-state index in [4.69, 9.17) is 5.73 Å². The second-order valence-electron chi connectivity index (χ2n) is 6.63. The molecule has 0 atom stereocenters. The first-order chi connectivity index (χ1) is 11.5. The summed E-state index contributed by atoms with van der Waals surface area (Å²) in [6.45, 7) is 8.49. The molecule has 1 fully saturated rings. The van der Waals surface area contributed by atoms with Crippen molar-refractivity contribution in [1.29, 1.82) is 0 Å². The van der Waals surface area contributed by atoms with Crippen LogP contribution >= 0.6 is 0 Å². The number of carbonyl (C=O) groups excluding carboxylic acids is 1. The number of carbonyl (C=O) groups is 1. The second kappa shape index (κ2) is 6.56. The number of hydrogen-bond acceptors (Lipinski definition) is 3. The van der Waals surface area contributed by atoms with E-state index >= 15 is 0 Å². The van der Waals surface area contributed by atoms with Gasteiger partial charge in [-0.3, -0.25) is 4.79 Å². The first kappa shape index (κ1) is 16.4. The Labute approximate surface area is 143 Å². The van der Waals surface area contributed by atoms with E-state index in [0.717, 1.165) is 29.9 Å². The summed E-state index contributed by atoms with van der Waals surface area (Å²) >= 11 is 0. The van der Waals surface area contributed by atoms with Crippen LogP contribution in [0.5, 0.6) is 0 Å². The third-order valence-corrected chi connectivity index (χ3v) is 4.76. The number of hydrogen-bond donors (Lipinski definition) is 2. The maximum absolute atomic E-state index is 12.6. The van der Waals surface area contributed by atoms with Gasteiger partial charge in [0.05, 0.1) is 0 Å². The number of nitrogens with one attached hydrogen (secondary N) is 1. The molecule has 2 aromatic rings. The Morgan fingerprint density at radius 1 is 1.04 bits per heavy atom. The van der Waals surface area contributed by atoms with Crippen molar-refractivity contribution < 1.29 is 4.79 Å². The second-order valence-corrected chi connectivity index (χ2v) is 6.63. The van der Waals surface area contributed by atoms with Gasteiger partial charge in [-0.15, -0.1) is 0 Å². The summed E-state index contributed by atoms with van der Waals surface area (Å²) in [4.78, 5) is 15.0. The van der Waals surface area contributed by atoms with Crippen LogP contribution in [0, 0.1) is 20.8 Å². The van der Waals surface area contributed by atoms with Crippen molar-refractivity contribution >= 4 is 23.0 Å². The highest BCUT2D eigenvalue weighted by molar-refractivity contribution is 6.05. The Hall–Kier alpha value is -2.49. The molecule has 0 radical (unpaired) electrons. The molecule has 0 saturated carbocycles. The van der Waals surface area contributed by atoms with Crippen molar-refractivity contribution in [2.75, 3.05) is 29.0 Å². The zero-order valence-corrected chi connectivity index (χ0v) is 14.6. The normalized spacial score (nSPS) is 14.0. The largest absolute Gasteiger partial charge is 0.399 e. The fraction of sp³-hybridized carbons (Fsp3) is 0.350. The molecular formula is C20H25N3O. The summed E-state index contributed by atoms with van der Waals surface area (Å²) < 4.78 is 0. The number of nitrogens with zero attached hydrogens (tertiary/aromatic N) is 1. The molecule has 0 bridgehead atoms. The van der Waals surface area contributed by atoms with Crippen LogP contribution in [-0.4, -0.2) is 19.0 Å². The molecule has 2 aromatic carbocycles. The Kier molecular flexibility index (Phi) is 4.47. The summed E-state index contributed by atoms with van der Waals surface area (Å²) in [7, 11) is 0. The molecule has 0 unspecified atom stereocenters. The molecule has 3 N–H and O–H groups in total. The summed E-state index contributed by atoms with van der Waals surface area (Å²) in [5.41, 5.74) is 12.7. The van der Waals surface area contributed by atoms with Gasteiger partial charge in [-0.05, 0) is 74.6 Å². The molecule has 0 aromatic heterocycles. The van der Waals surface area contributed by atoms with Crippen molar-refractivity contribution in [3.8, 4) is 0 Å². The van der Waals surface area contributed by atoms with Crippen LogP contribution in [0.3, 0.4) is 0 Å². The highest BCUT2D eigenvalue weighted by Crippen LogP contribution is 2.35. The van der Waals surface area contributed by atoms with Crippen LogP contribution in [-0.2, 0) is 0 Å². The lowest BCUT2D eigenvalue weighted by molar-refractivity contribution is 0.102. The topological polar surface area (TPSA) is 58.4 Å². The summed E-state index contributed by atoms with van der Waals surface area (Å²) in [6.07, 6.45) is 2.47. The molecule has 1 heterocycles. The van der Waals surface area contributed by atoms with E-state index in [1.54, 1.807) is 24.3 Å². The zero-order chi connectivity index (χ0) is 17.3. The minimum atomic E-state index is -0.0996. The lowest BCUT2D eigenvalue weighted by atomic mass is 10.0. The Bertz CT molecular complexity index is 759. The molecule has 0 spiro atoms. The summed E-state index contributed by atoms with van der Waals surface area (Å²) in [6, 6.07) is 9.17. The van der Waals surface area contributed by atoms with Gasteiger partial charge in [0.15, 0.2) is 0 Å². The summed E-state index contributed by atoms with van der Waals surface area (Å²) in [5.74, 6) is -0.0996. The number of amides is 1. The van der Waals surface area contributed by atoms with Crippen LogP contribution < -0.4 is 16.0 Å². The third kappa shape index (κ3) is 3.09. The number of benzene rings is 2. The van der Waals surface area contributed by atoms with Crippen LogP contribution in [0.15, 0.2) is 30.3 Å². The Morgan fingerprint density at radius 3 is 2.29 bits per heavy atom. The van der Waals surface area contributed by atoms with Gasteiger partial charge in [0, 0.05) is 35.7 Å². The maximum atomic E-state index is 12.6. The molecule has 4 heteroatoms. The monoisotopic (exact) mass is 323 g/mol. The first-order valence-corrected chi connectivity index (χ1v) is 8.50. The van der Waals surface area contributed by atoms with E-state index in [1.165, 1.54) is 24.1 Å². The number of nitrogens with two attached hydrogens (primary N) is 1. The minimum absolute atomic E-state index is 0.0996. The van der Waals surface area contributed by atoms with Gasteiger partial charge in [0.1, 0.15) is 0 Å². The maximum Gasteiger partial charge on any atom is 0.255 e. The van der Waals surface area contributed by atoms with Crippen LogP contribution in [0.2, 0.25) is 0 Å². The van der Waals surface area contributed by atoms with Gasteiger partial charge in [0.2, 0.25) is 0 Å². The number of rotatable bonds is 3. The molecular weight excluding hydrogens is 298 g/mol. The molecule has 0 aliphatic carbocycles. The average molecular weight is 323 g/mol. The first-order valence-electron chi connectivity index (χ1n) is 8.50. The predicted octanol–water partition coefficient (Wildman–Crippen LogP) is 4.05. The molecule has 1 aliphatic heterocycles. The highest BCUT2D eigenvalue weighted by Gasteiger charge is 2.20. The Morgan fingerprint density at radius 2 is 1.67 bits per heavy atom. The molecule has 1 amide bonds. The molecule has 1 aliphatic rings. The van der Waals surface area contributed by atoms with E-state index in [2.05, 4.69) is 30.1 Å². The molecule has 126 valence electrons. The van der Waals surface area contributed by atoms with Gasteiger partial charge in [0.25, 0.3) is 5.91 Å². The van der Waals surface area contributed by atoms with Crippen LogP contribution in [0.4, 0.5) is 17.1 Å². The van der Waals surface area contributed by atoms with Crippen molar-refractivity contribution in [3.05, 3.63) is 52.6 Å². The van der Waals surface area contributed by atoms with Crippen molar-refractivity contribution in [2.24, 2.45) is 0 Å². The summed E-state index contributed by atoms with van der Waals surface area (Å²) in [5, 5.41) is 3.10. The van der Waals surface area contributed by atoms with Gasteiger partial charge in [-0.2, -0.15) is 0 Å². The van der Waals surface area contributed by atoms with E-state index in [-0.39, 0.29) is 5.91 Å². The van der Waals surface area contributed by atoms with E-state index in [0.29, 0.717) is 11.3 Å². The van der Waals surface area contributed by atoms with Crippen LogP contribution in [0.25, 0.3) is 0 Å². The standard InChI is InChI=1S/C20H25N3O/c1-13-12-14(2)19(23-10-4-5-11-23)15(3)18(13)22-20(24)16-6-8-17(21)9-7-16/h6-9,12H,4-5,10-11,21H2,1-3H3,(H,22,24). The van der Waals surface area contributed by atoms with E-state index < -0.39 is 0 Å². The average Bonchev–Trinajstić information content (AvgIpc) is 3.05. The highest BCUT2D eigenvalue weighted by atomic mass is 16.1. The fourth-order valence-corrected chi connectivity index (χ4v) is 3.62. The fourth-order valence-electron chi connectivity index (χ4n) is 3.62. The van der Waals surface area contributed by atoms with Crippen LogP contribution in [0.1, 0.15) is 39.9 Å². The Balaban J connectivity index is 1.93. The predicted molar refractivity (Wildman–Crippen MR) is 101 cm³/mol. The number of aryl methyl sites for hydroxylation is 2. The van der Waals surface area contributed by atoms with Crippen molar-refractivity contribution in [1.82, 2.24) is 0 Å². The van der Waals surface area contributed by atoms with Crippen molar-refractivity contribution in [3.63, 3.8) is 0 Å². The molecule has 1 saturated heterocycles. The molecule has 4 nitrogen and oxygen atoms in total.